The highest BCUT2D eigenvalue weighted by Gasteiger charge is 2.22. The van der Waals surface area contributed by atoms with Gasteiger partial charge in [-0.2, -0.15) is 0 Å². The van der Waals surface area contributed by atoms with Gasteiger partial charge in [0.1, 0.15) is 0 Å². The zero-order valence-corrected chi connectivity index (χ0v) is 8.67. The summed E-state index contributed by atoms with van der Waals surface area (Å²) in [4.78, 5) is 2.11. The fraction of sp³-hybridized carbons (Fsp3) is 0.857. The van der Waals surface area contributed by atoms with Crippen LogP contribution in [0, 0.1) is 0 Å². The molecule has 0 aromatic heterocycles. The maximum Gasteiger partial charge on any atom is 0.0960 e. The van der Waals surface area contributed by atoms with Crippen molar-refractivity contribution in [2.75, 3.05) is 40.3 Å². The number of likely N-dealkylation sites (N-methyl/N-ethyl adjacent to an activating group) is 1. The van der Waals surface area contributed by atoms with Crippen LogP contribution in [-0.4, -0.2) is 54.0 Å². The van der Waals surface area contributed by atoms with Crippen LogP contribution in [0.1, 0.15) is 0 Å². The third kappa shape index (κ3) is 2.54. The van der Waals surface area contributed by atoms with Gasteiger partial charge in [0.05, 0.1) is 40.3 Å². The third-order valence-electron chi connectivity index (χ3n) is 2.21. The monoisotopic (exact) mass is 190 g/mol. The molecule has 0 N–H and O–H groups in total. The maximum atomic E-state index is 4.92. The molecule has 0 bridgehead atoms. The van der Waals surface area contributed by atoms with E-state index < -0.39 is 0 Å². The summed E-state index contributed by atoms with van der Waals surface area (Å²) < 4.78 is 1.72. The minimum Gasteiger partial charge on any atom is -0.411 e. The molecule has 2 nitrogen and oxygen atoms in total. The summed E-state index contributed by atoms with van der Waals surface area (Å²) >= 11 is 9.85. The lowest BCUT2D eigenvalue weighted by molar-refractivity contribution is -0.893. The summed E-state index contributed by atoms with van der Waals surface area (Å²) in [5.41, 5.74) is 0. The Morgan fingerprint density at radius 3 is 2.18 bits per heavy atom. The summed E-state index contributed by atoms with van der Waals surface area (Å²) in [5.74, 6) is 0. The first-order chi connectivity index (χ1) is 5.01. The predicted molar refractivity (Wildman–Crippen MR) is 53.4 cm³/mol. The quantitative estimate of drug-likeness (QED) is 0.305. The molecule has 1 rings (SSSR count). The first-order valence-electron chi connectivity index (χ1n) is 3.79. The average Bonchev–Trinajstić information content (AvgIpc) is 1.86. The molecule has 1 fully saturated rings. The molecule has 1 heterocycles. The van der Waals surface area contributed by atoms with E-state index in [0.29, 0.717) is 4.32 Å². The van der Waals surface area contributed by atoms with Crippen molar-refractivity contribution in [3.05, 3.63) is 0 Å². The fourth-order valence-corrected chi connectivity index (χ4v) is 1.55. The van der Waals surface area contributed by atoms with Gasteiger partial charge in [-0.15, -0.1) is 0 Å². The van der Waals surface area contributed by atoms with Gasteiger partial charge < -0.3 is 34.2 Å². The second kappa shape index (κ2) is 3.21. The van der Waals surface area contributed by atoms with Gasteiger partial charge >= 0.3 is 0 Å². The van der Waals surface area contributed by atoms with Crippen molar-refractivity contribution in [3.8, 4) is 0 Å². The molecule has 1 aliphatic rings. The largest absolute Gasteiger partial charge is 0.411 e. The molecule has 0 spiro atoms. The van der Waals surface area contributed by atoms with Crippen LogP contribution in [0.25, 0.3) is 0 Å². The first-order valence-corrected chi connectivity index (χ1v) is 4.61. The van der Waals surface area contributed by atoms with Gasteiger partial charge in [-0.1, -0.05) is 4.32 Å². The highest BCUT2D eigenvalue weighted by Crippen LogP contribution is 2.06. The molecule has 1 saturated heterocycles. The van der Waals surface area contributed by atoms with E-state index in [1.165, 1.54) is 0 Å². The molecule has 1 aliphatic heterocycles. The molecule has 0 unspecified atom stereocenters. The highest BCUT2D eigenvalue weighted by molar-refractivity contribution is 8.00. The van der Waals surface area contributed by atoms with Gasteiger partial charge in [0.25, 0.3) is 0 Å². The SMILES string of the molecule is C[N+]1(C)CCN(C(=S)[S-])CC1. The molecule has 0 atom stereocenters. The molecule has 4 heteroatoms. The van der Waals surface area contributed by atoms with Crippen molar-refractivity contribution < 1.29 is 4.48 Å². The molecule has 0 aromatic rings. The van der Waals surface area contributed by atoms with Crippen molar-refractivity contribution in [1.82, 2.24) is 4.90 Å². The van der Waals surface area contributed by atoms with Crippen molar-refractivity contribution in [1.29, 1.82) is 0 Å². The Morgan fingerprint density at radius 1 is 1.36 bits per heavy atom. The van der Waals surface area contributed by atoms with E-state index in [2.05, 4.69) is 19.0 Å². The minimum absolute atomic E-state index is 0.629. The summed E-state index contributed by atoms with van der Waals surface area (Å²) in [5, 5.41) is 0. The normalized spacial score (nSPS) is 23.3. The predicted octanol–water partition coefficient (Wildman–Crippen LogP) is 0.210. The maximum absolute atomic E-state index is 4.92. The zero-order chi connectivity index (χ0) is 8.48. The Labute approximate surface area is 79.2 Å². The molecular weight excluding hydrogens is 176 g/mol. The van der Waals surface area contributed by atoms with Crippen LogP contribution in [0.3, 0.4) is 0 Å². The Hall–Kier alpha value is 0.0700. The topological polar surface area (TPSA) is 3.24 Å². The first kappa shape index (κ1) is 9.16. The second-order valence-corrected chi connectivity index (χ2v) is 4.67. The number of hydrogen-bond donors (Lipinski definition) is 0. The van der Waals surface area contributed by atoms with Crippen LogP contribution in [0.5, 0.6) is 0 Å². The molecule has 0 amide bonds. The summed E-state index contributed by atoms with van der Waals surface area (Å²) in [6, 6.07) is 0. The fourth-order valence-electron chi connectivity index (χ4n) is 1.19. The lowest BCUT2D eigenvalue weighted by Gasteiger charge is -2.41. The lowest BCUT2D eigenvalue weighted by atomic mass is 10.3. The van der Waals surface area contributed by atoms with E-state index in [-0.39, 0.29) is 0 Å². The van der Waals surface area contributed by atoms with E-state index in [1.54, 1.807) is 0 Å². The average molecular weight is 190 g/mol. The van der Waals surface area contributed by atoms with Crippen LogP contribution in [0.2, 0.25) is 0 Å². The van der Waals surface area contributed by atoms with Gasteiger partial charge in [0, 0.05) is 0 Å². The summed E-state index contributed by atoms with van der Waals surface area (Å²) in [6.45, 7) is 4.35. The summed E-state index contributed by atoms with van der Waals surface area (Å²) in [6.07, 6.45) is 0. The molecule has 0 saturated carbocycles. The van der Waals surface area contributed by atoms with Crippen molar-refractivity contribution in [2.45, 2.75) is 0 Å². The number of piperazine rings is 1. The number of rotatable bonds is 0. The Kier molecular flexibility index (Phi) is 2.67. The Morgan fingerprint density at radius 2 is 1.82 bits per heavy atom. The third-order valence-corrected chi connectivity index (χ3v) is 2.73. The van der Waals surface area contributed by atoms with Crippen molar-refractivity contribution in [2.24, 2.45) is 0 Å². The lowest BCUT2D eigenvalue weighted by Crippen LogP contribution is -2.55. The molecule has 0 aliphatic carbocycles. The second-order valence-electron chi connectivity index (χ2n) is 3.64. The number of nitrogens with zero attached hydrogens (tertiary/aromatic N) is 2. The number of quaternary nitrogens is 1. The molecule has 0 aromatic carbocycles. The molecule has 0 radical (unpaired) electrons. The van der Waals surface area contributed by atoms with E-state index in [0.717, 1.165) is 30.7 Å². The molecule has 11 heavy (non-hydrogen) atoms. The van der Waals surface area contributed by atoms with E-state index in [9.17, 15) is 0 Å². The van der Waals surface area contributed by atoms with Crippen LogP contribution in [-0.2, 0) is 12.6 Å². The highest BCUT2D eigenvalue weighted by atomic mass is 32.1. The van der Waals surface area contributed by atoms with Gasteiger partial charge in [0.15, 0.2) is 0 Å². The smallest absolute Gasteiger partial charge is 0.0960 e. The van der Waals surface area contributed by atoms with Gasteiger partial charge in [-0.05, 0) is 0 Å². The zero-order valence-electron chi connectivity index (χ0n) is 7.04. The Bertz CT molecular complexity index is 158. The number of thiocarbonyl (C=S) groups is 1. The number of hydrogen-bond acceptors (Lipinski definition) is 2. The van der Waals surface area contributed by atoms with Crippen LogP contribution < -0.4 is 0 Å². The van der Waals surface area contributed by atoms with Gasteiger partial charge in [-0.3, -0.25) is 0 Å². The van der Waals surface area contributed by atoms with Crippen molar-refractivity contribution >= 4 is 29.2 Å². The van der Waals surface area contributed by atoms with Crippen LogP contribution in [0.4, 0.5) is 0 Å². The molecule has 64 valence electrons. The molecular formula is C7H14N2S2. The Balaban J connectivity index is 2.42. The standard InChI is InChI=1S/C7H14N2S2/c1-9(2)5-3-8(4-6-9)7(10)11/h3-6H2,1-2H3. The van der Waals surface area contributed by atoms with Crippen LogP contribution >= 0.6 is 12.2 Å². The van der Waals surface area contributed by atoms with Crippen LogP contribution in [0.15, 0.2) is 0 Å². The minimum atomic E-state index is 0.629. The van der Waals surface area contributed by atoms with Crippen molar-refractivity contribution in [3.63, 3.8) is 0 Å². The van der Waals surface area contributed by atoms with E-state index >= 15 is 0 Å². The van der Waals surface area contributed by atoms with E-state index in [4.69, 9.17) is 24.8 Å². The van der Waals surface area contributed by atoms with Gasteiger partial charge in [0.2, 0.25) is 0 Å². The van der Waals surface area contributed by atoms with E-state index in [1.807, 2.05) is 0 Å². The van der Waals surface area contributed by atoms with Gasteiger partial charge in [-0.25, -0.2) is 0 Å². The summed E-state index contributed by atoms with van der Waals surface area (Å²) in [7, 11) is 4.48.